The van der Waals surface area contributed by atoms with Gasteiger partial charge in [0, 0.05) is 17.1 Å². The highest BCUT2D eigenvalue weighted by molar-refractivity contribution is 9.10. The molecule has 0 radical (unpaired) electrons. The molecule has 1 aliphatic rings. The lowest BCUT2D eigenvalue weighted by molar-refractivity contribution is 0.240. The van der Waals surface area contributed by atoms with Crippen molar-refractivity contribution in [3.8, 4) is 11.5 Å². The molecule has 2 rings (SSSR count). The molecule has 1 aromatic rings. The highest BCUT2D eigenvalue weighted by Crippen LogP contribution is 2.33. The molecular formula is C13H17BrN2O3. The summed E-state index contributed by atoms with van der Waals surface area (Å²) in [6, 6.07) is 3.90. The van der Waals surface area contributed by atoms with Crippen molar-refractivity contribution in [1.82, 2.24) is 10.6 Å². The molecule has 104 valence electrons. The van der Waals surface area contributed by atoms with E-state index in [4.69, 9.17) is 9.47 Å². The smallest absolute Gasteiger partial charge is 0.315 e. The minimum atomic E-state index is -0.135. The van der Waals surface area contributed by atoms with Crippen molar-refractivity contribution in [2.24, 2.45) is 0 Å². The minimum Gasteiger partial charge on any atom is -0.493 e. The molecule has 0 atom stereocenters. The summed E-state index contributed by atoms with van der Waals surface area (Å²) in [4.78, 5) is 11.6. The first-order valence-electron chi connectivity index (χ1n) is 6.08. The largest absolute Gasteiger partial charge is 0.493 e. The zero-order chi connectivity index (χ0) is 13.8. The van der Waals surface area contributed by atoms with E-state index < -0.39 is 0 Å². The van der Waals surface area contributed by atoms with Gasteiger partial charge in [0.15, 0.2) is 11.5 Å². The van der Waals surface area contributed by atoms with Gasteiger partial charge < -0.3 is 20.1 Å². The Labute approximate surface area is 120 Å². The van der Waals surface area contributed by atoms with Gasteiger partial charge in [-0.25, -0.2) is 4.79 Å². The predicted molar refractivity (Wildman–Crippen MR) is 75.6 cm³/mol. The molecular weight excluding hydrogens is 312 g/mol. The molecule has 2 N–H and O–H groups in total. The average Bonchev–Trinajstić information content (AvgIpc) is 3.20. The zero-order valence-corrected chi connectivity index (χ0v) is 12.5. The van der Waals surface area contributed by atoms with Crippen LogP contribution in [0.3, 0.4) is 0 Å². The number of benzene rings is 1. The van der Waals surface area contributed by atoms with Gasteiger partial charge in [-0.1, -0.05) is 15.9 Å². The maximum Gasteiger partial charge on any atom is 0.315 e. The molecule has 6 heteroatoms. The maximum absolute atomic E-state index is 11.6. The van der Waals surface area contributed by atoms with E-state index in [1.54, 1.807) is 14.2 Å². The Balaban J connectivity index is 2.00. The van der Waals surface area contributed by atoms with Crippen molar-refractivity contribution in [3.63, 3.8) is 0 Å². The molecule has 5 nitrogen and oxygen atoms in total. The third kappa shape index (κ3) is 3.76. The number of halogens is 1. The number of amides is 2. The lowest BCUT2D eigenvalue weighted by atomic mass is 10.2. The van der Waals surface area contributed by atoms with Crippen LogP contribution in [-0.4, -0.2) is 26.3 Å². The standard InChI is InChI=1S/C13H17BrN2O3/c1-18-11-5-8(10(14)6-12(11)19-2)7-15-13(17)16-9-3-4-9/h5-6,9H,3-4,7H2,1-2H3,(H2,15,16,17). The van der Waals surface area contributed by atoms with Gasteiger partial charge in [0.2, 0.25) is 0 Å². The van der Waals surface area contributed by atoms with E-state index in [0.717, 1.165) is 22.9 Å². The van der Waals surface area contributed by atoms with Crippen molar-refractivity contribution in [2.75, 3.05) is 14.2 Å². The molecule has 0 bridgehead atoms. The number of rotatable bonds is 5. The van der Waals surface area contributed by atoms with Crippen molar-refractivity contribution in [1.29, 1.82) is 0 Å². The van der Waals surface area contributed by atoms with Crippen molar-refractivity contribution < 1.29 is 14.3 Å². The van der Waals surface area contributed by atoms with Crippen molar-refractivity contribution >= 4 is 22.0 Å². The Kier molecular flexibility index (Phi) is 4.52. The van der Waals surface area contributed by atoms with Crippen LogP contribution in [0.25, 0.3) is 0 Å². The Morgan fingerprint density at radius 3 is 2.53 bits per heavy atom. The fraction of sp³-hybridized carbons (Fsp3) is 0.462. The number of hydrogen-bond donors (Lipinski definition) is 2. The number of hydrogen-bond acceptors (Lipinski definition) is 3. The molecule has 1 aliphatic carbocycles. The third-order valence-corrected chi connectivity index (χ3v) is 3.64. The Bertz CT molecular complexity index is 475. The normalized spacial score (nSPS) is 13.8. The van der Waals surface area contributed by atoms with Crippen molar-refractivity contribution in [3.05, 3.63) is 22.2 Å². The van der Waals surface area contributed by atoms with Crippen LogP contribution >= 0.6 is 15.9 Å². The maximum atomic E-state index is 11.6. The second kappa shape index (κ2) is 6.14. The summed E-state index contributed by atoms with van der Waals surface area (Å²) in [5, 5.41) is 5.70. The summed E-state index contributed by atoms with van der Waals surface area (Å²) in [6.07, 6.45) is 2.15. The lowest BCUT2D eigenvalue weighted by Gasteiger charge is -2.12. The number of nitrogens with one attached hydrogen (secondary N) is 2. The van der Waals surface area contributed by atoms with Gasteiger partial charge in [0.25, 0.3) is 0 Å². The van der Waals surface area contributed by atoms with Crippen LogP contribution in [0, 0.1) is 0 Å². The van der Waals surface area contributed by atoms with E-state index in [0.29, 0.717) is 24.1 Å². The Hall–Kier alpha value is -1.43. The fourth-order valence-electron chi connectivity index (χ4n) is 1.67. The SMILES string of the molecule is COc1cc(Br)c(CNC(=O)NC2CC2)cc1OC. The molecule has 0 saturated heterocycles. The first-order chi connectivity index (χ1) is 9.13. The molecule has 1 saturated carbocycles. The van der Waals surface area contributed by atoms with E-state index >= 15 is 0 Å². The minimum absolute atomic E-state index is 0.135. The van der Waals surface area contributed by atoms with Crippen LogP contribution in [0.4, 0.5) is 4.79 Å². The second-order valence-electron chi connectivity index (χ2n) is 4.40. The van der Waals surface area contributed by atoms with Crippen molar-refractivity contribution in [2.45, 2.75) is 25.4 Å². The molecule has 1 aromatic carbocycles. The molecule has 1 fully saturated rings. The molecule has 0 spiro atoms. The third-order valence-electron chi connectivity index (χ3n) is 2.90. The molecule has 19 heavy (non-hydrogen) atoms. The predicted octanol–water partition coefficient (Wildman–Crippen LogP) is 2.43. The van der Waals surface area contributed by atoms with Crippen LogP contribution in [0.15, 0.2) is 16.6 Å². The summed E-state index contributed by atoms with van der Waals surface area (Å²) < 4.78 is 11.3. The van der Waals surface area contributed by atoms with E-state index in [9.17, 15) is 4.79 Å². The lowest BCUT2D eigenvalue weighted by Crippen LogP contribution is -2.36. The summed E-state index contributed by atoms with van der Waals surface area (Å²) in [5.41, 5.74) is 0.934. The number of carbonyl (C=O) groups excluding carboxylic acids is 1. The fourth-order valence-corrected chi connectivity index (χ4v) is 2.13. The van der Waals surface area contributed by atoms with Gasteiger partial charge in [0.05, 0.1) is 14.2 Å². The van der Waals surface area contributed by atoms with Crippen LogP contribution < -0.4 is 20.1 Å². The van der Waals surface area contributed by atoms with Gasteiger partial charge in [-0.15, -0.1) is 0 Å². The first-order valence-corrected chi connectivity index (χ1v) is 6.88. The number of ether oxygens (including phenoxy) is 2. The van der Waals surface area contributed by atoms with Gasteiger partial charge in [-0.05, 0) is 30.5 Å². The molecule has 0 heterocycles. The number of urea groups is 1. The molecule has 0 unspecified atom stereocenters. The summed E-state index contributed by atoms with van der Waals surface area (Å²) in [7, 11) is 3.17. The van der Waals surface area contributed by atoms with Gasteiger partial charge >= 0.3 is 6.03 Å². The monoisotopic (exact) mass is 328 g/mol. The topological polar surface area (TPSA) is 59.6 Å². The van der Waals surface area contributed by atoms with Gasteiger partial charge in [0.1, 0.15) is 0 Å². The summed E-state index contributed by atoms with van der Waals surface area (Å²) in [6.45, 7) is 0.430. The van der Waals surface area contributed by atoms with Crippen LogP contribution in [0.1, 0.15) is 18.4 Å². The summed E-state index contributed by atoms with van der Waals surface area (Å²) >= 11 is 3.46. The van der Waals surface area contributed by atoms with Crippen LogP contribution in [-0.2, 0) is 6.54 Å². The van der Waals surface area contributed by atoms with E-state index in [2.05, 4.69) is 26.6 Å². The first kappa shape index (κ1) is 14.0. The summed E-state index contributed by atoms with van der Waals surface area (Å²) in [5.74, 6) is 1.30. The molecule has 2 amide bonds. The quantitative estimate of drug-likeness (QED) is 0.872. The van der Waals surface area contributed by atoms with E-state index in [-0.39, 0.29) is 6.03 Å². The highest BCUT2D eigenvalue weighted by atomic mass is 79.9. The van der Waals surface area contributed by atoms with Crippen LogP contribution in [0.5, 0.6) is 11.5 Å². The molecule has 0 aromatic heterocycles. The van der Waals surface area contributed by atoms with E-state index in [1.165, 1.54) is 0 Å². The van der Waals surface area contributed by atoms with Crippen LogP contribution in [0.2, 0.25) is 0 Å². The highest BCUT2D eigenvalue weighted by Gasteiger charge is 2.23. The Morgan fingerprint density at radius 2 is 1.95 bits per heavy atom. The van der Waals surface area contributed by atoms with Gasteiger partial charge in [-0.3, -0.25) is 0 Å². The Morgan fingerprint density at radius 1 is 1.32 bits per heavy atom. The van der Waals surface area contributed by atoms with E-state index in [1.807, 2.05) is 12.1 Å². The van der Waals surface area contributed by atoms with Gasteiger partial charge in [-0.2, -0.15) is 0 Å². The average molecular weight is 329 g/mol. The second-order valence-corrected chi connectivity index (χ2v) is 5.25. The number of carbonyl (C=O) groups is 1. The zero-order valence-electron chi connectivity index (χ0n) is 11.0. The molecule has 0 aliphatic heterocycles. The number of methoxy groups -OCH3 is 2.